The number of aromatic nitrogens is 4. The van der Waals surface area contributed by atoms with Gasteiger partial charge >= 0.3 is 0 Å². The van der Waals surface area contributed by atoms with Crippen molar-refractivity contribution in [3.8, 4) is 5.69 Å². The standard InChI is InChI=1S/C22H22N6OS/c1-14-9-10-19(28-23-11-12-24-28)15(13-14)21(29)25-16-6-4-7-17(16)26-22-27-18-5-2-3-8-20(18)30-22/h2-3,5,8-13,16-17H,4,6-7H2,1H3,(H,25,29)(H,26,27)/t16-,17+/m0/s1. The van der Waals surface area contributed by atoms with E-state index in [1.807, 2.05) is 43.3 Å². The van der Waals surface area contributed by atoms with Crippen LogP contribution in [0.3, 0.4) is 0 Å². The van der Waals surface area contributed by atoms with Crippen molar-refractivity contribution in [3.05, 3.63) is 66.0 Å². The number of nitrogens with one attached hydrogen (secondary N) is 2. The molecule has 2 atom stereocenters. The van der Waals surface area contributed by atoms with Crippen LogP contribution in [-0.4, -0.2) is 38.0 Å². The molecule has 2 aromatic carbocycles. The zero-order chi connectivity index (χ0) is 20.5. The molecule has 1 amide bonds. The summed E-state index contributed by atoms with van der Waals surface area (Å²) in [5, 5.41) is 16.1. The van der Waals surface area contributed by atoms with Gasteiger partial charge in [-0.3, -0.25) is 4.79 Å². The second-order valence-electron chi connectivity index (χ2n) is 7.59. The monoisotopic (exact) mass is 418 g/mol. The molecule has 1 aliphatic carbocycles. The maximum Gasteiger partial charge on any atom is 0.253 e. The minimum absolute atomic E-state index is 0.0449. The van der Waals surface area contributed by atoms with E-state index in [9.17, 15) is 4.79 Å². The number of carbonyl (C=O) groups excluding carboxylic acids is 1. The number of anilines is 1. The first-order valence-electron chi connectivity index (χ1n) is 10.1. The Bertz CT molecular complexity index is 1150. The molecule has 2 aromatic heterocycles. The Hall–Kier alpha value is -3.26. The first-order valence-corrected chi connectivity index (χ1v) is 10.9. The highest BCUT2D eigenvalue weighted by atomic mass is 32.1. The van der Waals surface area contributed by atoms with Gasteiger partial charge in [0.05, 0.1) is 33.9 Å². The average Bonchev–Trinajstić information content (AvgIpc) is 3.49. The van der Waals surface area contributed by atoms with Gasteiger partial charge in [0.2, 0.25) is 0 Å². The van der Waals surface area contributed by atoms with Crippen molar-refractivity contribution < 1.29 is 4.79 Å². The fraction of sp³-hybridized carbons (Fsp3) is 0.273. The van der Waals surface area contributed by atoms with Crippen LogP contribution in [0.15, 0.2) is 54.9 Å². The van der Waals surface area contributed by atoms with Gasteiger partial charge in [-0.05, 0) is 50.5 Å². The minimum atomic E-state index is -0.103. The van der Waals surface area contributed by atoms with E-state index in [0.717, 1.165) is 40.2 Å². The number of nitrogens with zero attached hydrogens (tertiary/aromatic N) is 4. The number of benzene rings is 2. The summed E-state index contributed by atoms with van der Waals surface area (Å²) >= 11 is 1.65. The normalized spacial score (nSPS) is 18.6. The molecule has 8 heteroatoms. The second kappa shape index (κ2) is 7.87. The fourth-order valence-corrected chi connectivity index (χ4v) is 4.92. The van der Waals surface area contributed by atoms with Gasteiger partial charge in [0.1, 0.15) is 0 Å². The number of carbonyl (C=O) groups is 1. The summed E-state index contributed by atoms with van der Waals surface area (Å²) < 4.78 is 1.16. The lowest BCUT2D eigenvalue weighted by Crippen LogP contribution is -2.43. The molecule has 4 aromatic rings. The van der Waals surface area contributed by atoms with Gasteiger partial charge in [0.15, 0.2) is 5.13 Å². The Balaban J connectivity index is 1.35. The topological polar surface area (TPSA) is 84.7 Å². The van der Waals surface area contributed by atoms with Gasteiger partial charge in [0.25, 0.3) is 5.91 Å². The van der Waals surface area contributed by atoms with Crippen molar-refractivity contribution in [1.82, 2.24) is 25.3 Å². The molecule has 0 spiro atoms. The van der Waals surface area contributed by atoms with Gasteiger partial charge in [-0.2, -0.15) is 15.0 Å². The third kappa shape index (κ3) is 3.66. The maximum atomic E-state index is 13.2. The highest BCUT2D eigenvalue weighted by Gasteiger charge is 2.30. The molecule has 30 heavy (non-hydrogen) atoms. The summed E-state index contributed by atoms with van der Waals surface area (Å²) in [6.45, 7) is 1.98. The third-order valence-corrected chi connectivity index (χ3v) is 6.43. The summed E-state index contributed by atoms with van der Waals surface area (Å²) in [7, 11) is 0. The molecule has 0 radical (unpaired) electrons. The van der Waals surface area contributed by atoms with Crippen LogP contribution in [0.4, 0.5) is 5.13 Å². The molecule has 1 saturated carbocycles. The molecule has 152 valence electrons. The first-order chi connectivity index (χ1) is 14.7. The van der Waals surface area contributed by atoms with E-state index in [2.05, 4.69) is 31.9 Å². The van der Waals surface area contributed by atoms with Gasteiger partial charge in [-0.25, -0.2) is 4.98 Å². The summed E-state index contributed by atoms with van der Waals surface area (Å²) in [6.07, 6.45) is 6.22. The van der Waals surface area contributed by atoms with Gasteiger partial charge in [-0.15, -0.1) is 0 Å². The zero-order valence-corrected chi connectivity index (χ0v) is 17.4. The van der Waals surface area contributed by atoms with E-state index >= 15 is 0 Å². The van der Waals surface area contributed by atoms with E-state index < -0.39 is 0 Å². The molecule has 1 aliphatic rings. The smallest absolute Gasteiger partial charge is 0.253 e. The number of aryl methyl sites for hydroxylation is 1. The van der Waals surface area contributed by atoms with Crippen molar-refractivity contribution >= 4 is 32.6 Å². The summed E-state index contributed by atoms with van der Waals surface area (Å²) in [4.78, 5) is 19.4. The molecule has 1 fully saturated rings. The number of hydrogen-bond donors (Lipinski definition) is 2. The molecule has 7 nitrogen and oxygen atoms in total. The zero-order valence-electron chi connectivity index (χ0n) is 16.6. The van der Waals surface area contributed by atoms with Crippen molar-refractivity contribution in [2.45, 2.75) is 38.3 Å². The van der Waals surface area contributed by atoms with E-state index in [0.29, 0.717) is 11.3 Å². The van der Waals surface area contributed by atoms with Crippen molar-refractivity contribution in [2.24, 2.45) is 0 Å². The third-order valence-electron chi connectivity index (χ3n) is 5.47. The predicted octanol–water partition coefficient (Wildman–Crippen LogP) is 3.95. The summed E-state index contributed by atoms with van der Waals surface area (Å²) in [5.74, 6) is -0.103. The second-order valence-corrected chi connectivity index (χ2v) is 8.62. The largest absolute Gasteiger partial charge is 0.357 e. The van der Waals surface area contributed by atoms with E-state index in [1.54, 1.807) is 23.7 Å². The average molecular weight is 419 g/mol. The summed E-state index contributed by atoms with van der Waals surface area (Å²) in [6, 6.07) is 14.1. The van der Waals surface area contributed by atoms with Gasteiger partial charge in [-0.1, -0.05) is 35.1 Å². The van der Waals surface area contributed by atoms with Crippen LogP contribution in [0.25, 0.3) is 15.9 Å². The molecule has 0 saturated heterocycles. The fourth-order valence-electron chi connectivity index (χ4n) is 3.99. The molecule has 2 N–H and O–H groups in total. The molecule has 2 heterocycles. The van der Waals surface area contributed by atoms with Gasteiger partial charge < -0.3 is 10.6 Å². The maximum absolute atomic E-state index is 13.2. The number of hydrogen-bond acceptors (Lipinski definition) is 6. The predicted molar refractivity (Wildman–Crippen MR) is 118 cm³/mol. The first kappa shape index (κ1) is 18.7. The number of thiazole rings is 1. The van der Waals surface area contributed by atoms with Crippen LogP contribution in [-0.2, 0) is 0 Å². The van der Waals surface area contributed by atoms with Crippen LogP contribution in [0, 0.1) is 6.92 Å². The summed E-state index contributed by atoms with van der Waals surface area (Å²) in [5.41, 5.74) is 3.28. The molecule has 5 rings (SSSR count). The Kier molecular flexibility index (Phi) is 4.92. The van der Waals surface area contributed by atoms with Crippen LogP contribution in [0.5, 0.6) is 0 Å². The number of amides is 1. The lowest BCUT2D eigenvalue weighted by molar-refractivity contribution is 0.0935. The quantitative estimate of drug-likeness (QED) is 0.513. The lowest BCUT2D eigenvalue weighted by Gasteiger charge is -2.22. The molecule has 0 unspecified atom stereocenters. The van der Waals surface area contributed by atoms with Crippen LogP contribution in [0.1, 0.15) is 35.2 Å². The van der Waals surface area contributed by atoms with E-state index in [1.165, 1.54) is 4.80 Å². The Morgan fingerprint density at radius 3 is 2.73 bits per heavy atom. The van der Waals surface area contributed by atoms with Crippen molar-refractivity contribution in [1.29, 1.82) is 0 Å². The number of para-hydroxylation sites is 1. The molecular weight excluding hydrogens is 396 g/mol. The van der Waals surface area contributed by atoms with E-state index in [4.69, 9.17) is 0 Å². The van der Waals surface area contributed by atoms with Crippen LogP contribution in [0.2, 0.25) is 0 Å². The van der Waals surface area contributed by atoms with Crippen LogP contribution >= 0.6 is 11.3 Å². The minimum Gasteiger partial charge on any atom is -0.357 e. The Labute approximate surface area is 178 Å². The lowest BCUT2D eigenvalue weighted by atomic mass is 10.1. The molecular formula is C22H22N6OS. The SMILES string of the molecule is Cc1ccc(-n2nccn2)c(C(=O)N[C@H]2CCC[C@H]2Nc2nc3ccccc3s2)c1. The highest BCUT2D eigenvalue weighted by Crippen LogP contribution is 2.29. The number of rotatable bonds is 5. The van der Waals surface area contributed by atoms with E-state index in [-0.39, 0.29) is 18.0 Å². The van der Waals surface area contributed by atoms with Gasteiger partial charge in [0, 0.05) is 12.1 Å². The Morgan fingerprint density at radius 1 is 1.10 bits per heavy atom. The number of fused-ring (bicyclic) bond motifs is 1. The van der Waals surface area contributed by atoms with Crippen molar-refractivity contribution in [3.63, 3.8) is 0 Å². The Morgan fingerprint density at radius 2 is 1.90 bits per heavy atom. The molecule has 0 bridgehead atoms. The van der Waals surface area contributed by atoms with Crippen LogP contribution < -0.4 is 10.6 Å². The molecule has 0 aliphatic heterocycles. The van der Waals surface area contributed by atoms with Crippen molar-refractivity contribution in [2.75, 3.05) is 5.32 Å². The highest BCUT2D eigenvalue weighted by molar-refractivity contribution is 7.22.